The maximum absolute atomic E-state index is 13.7. The number of aliphatic hydroxyl groups is 1. The molecule has 3 aromatic carbocycles. The zero-order valence-electron chi connectivity index (χ0n) is 27.7. The molecule has 1 aliphatic rings. The van der Waals surface area contributed by atoms with Gasteiger partial charge in [-0.05, 0) is 54.4 Å². The van der Waals surface area contributed by atoms with Gasteiger partial charge in [-0.2, -0.15) is 0 Å². The lowest BCUT2D eigenvalue weighted by Gasteiger charge is -2.36. The van der Waals surface area contributed by atoms with Gasteiger partial charge < -0.3 is 24.8 Å². The molecule has 0 aromatic heterocycles. The highest BCUT2D eigenvalue weighted by Gasteiger charge is 2.32. The van der Waals surface area contributed by atoms with E-state index in [1.807, 2.05) is 84.9 Å². The summed E-state index contributed by atoms with van der Waals surface area (Å²) in [7, 11) is 0. The second kappa shape index (κ2) is 19.3. The molecule has 254 valence electrons. The van der Waals surface area contributed by atoms with Crippen LogP contribution in [0.15, 0.2) is 110 Å². The van der Waals surface area contributed by atoms with Crippen LogP contribution in [0.25, 0.3) is 0 Å². The van der Waals surface area contributed by atoms with Crippen LogP contribution < -0.4 is 5.32 Å². The summed E-state index contributed by atoms with van der Waals surface area (Å²) in [5.74, 6) is -1.97. The van der Waals surface area contributed by atoms with Crippen LogP contribution in [0.5, 0.6) is 0 Å². The Kier molecular flexibility index (Phi) is 14.6. The molecule has 2 N–H and O–H groups in total. The fourth-order valence-corrected chi connectivity index (χ4v) is 6.02. The van der Waals surface area contributed by atoms with E-state index in [1.165, 1.54) is 0 Å². The highest BCUT2D eigenvalue weighted by molar-refractivity contribution is 5.86. The Morgan fingerprint density at radius 1 is 0.875 bits per heavy atom. The number of carbonyl (C=O) groups is 3. The second-order valence-electron chi connectivity index (χ2n) is 12.3. The molecule has 3 aromatic rings. The average Bonchev–Trinajstić information content (AvgIpc) is 3.12. The molecule has 0 aliphatic carbocycles. The van der Waals surface area contributed by atoms with Gasteiger partial charge in [0.15, 0.2) is 0 Å². The largest absolute Gasteiger partial charge is 0.463 e. The van der Waals surface area contributed by atoms with Crippen molar-refractivity contribution in [3.63, 3.8) is 0 Å². The number of nitrogens with one attached hydrogen (secondary N) is 1. The normalized spacial score (nSPS) is 15.8. The van der Waals surface area contributed by atoms with Crippen molar-refractivity contribution in [2.45, 2.75) is 63.8 Å². The van der Waals surface area contributed by atoms with Gasteiger partial charge in [-0.3, -0.25) is 14.4 Å². The van der Waals surface area contributed by atoms with Crippen molar-refractivity contribution in [1.82, 2.24) is 10.2 Å². The zero-order valence-corrected chi connectivity index (χ0v) is 27.7. The molecule has 4 atom stereocenters. The number of nitrogens with zero attached hydrogens (tertiary/aromatic N) is 1. The molecule has 1 heterocycles. The topological polar surface area (TPSA) is 105 Å². The number of hydrogen-bond acceptors (Lipinski definition) is 6. The van der Waals surface area contributed by atoms with E-state index in [9.17, 15) is 19.5 Å². The number of allylic oxidation sites excluding steroid dienone is 2. The molecule has 4 unspecified atom stereocenters. The standard InChI is InChI=1S/C40H48N2O6/c1-3-5-19-34(22-30-15-8-6-9-16-30)40(46)48-29-36(28-47-27-31-17-10-7-11-18-31)41-39(45)33(14-4-2)24-38(44)42-25-35-21-13-12-20-32(35)23-37(42)26-43/h3-4,6-13,15-18,20-21,33-34,36-37,43H,1-2,5,14,19,22-29H2,(H,41,45). The van der Waals surface area contributed by atoms with Crippen molar-refractivity contribution < 1.29 is 29.0 Å². The fraction of sp³-hybridized carbons (Fsp3) is 0.375. The van der Waals surface area contributed by atoms with Gasteiger partial charge in [0.25, 0.3) is 0 Å². The van der Waals surface area contributed by atoms with E-state index in [0.717, 1.165) is 22.3 Å². The Labute approximate surface area is 284 Å². The van der Waals surface area contributed by atoms with Gasteiger partial charge in [0.1, 0.15) is 6.61 Å². The van der Waals surface area contributed by atoms with Gasteiger partial charge in [-0.15, -0.1) is 13.2 Å². The molecule has 48 heavy (non-hydrogen) atoms. The lowest BCUT2D eigenvalue weighted by Crippen LogP contribution is -2.49. The summed E-state index contributed by atoms with van der Waals surface area (Å²) in [5.41, 5.74) is 4.17. The number of hydrogen-bond donors (Lipinski definition) is 2. The molecule has 0 bridgehead atoms. The zero-order chi connectivity index (χ0) is 34.1. The highest BCUT2D eigenvalue weighted by Crippen LogP contribution is 2.25. The van der Waals surface area contributed by atoms with Crippen LogP contribution >= 0.6 is 0 Å². The van der Waals surface area contributed by atoms with Crippen molar-refractivity contribution in [3.05, 3.63) is 132 Å². The Morgan fingerprint density at radius 3 is 2.21 bits per heavy atom. The minimum atomic E-state index is -0.697. The van der Waals surface area contributed by atoms with Crippen LogP contribution in [0.4, 0.5) is 0 Å². The van der Waals surface area contributed by atoms with Gasteiger partial charge in [0, 0.05) is 13.0 Å². The molecule has 1 aliphatic heterocycles. The molecule has 2 amide bonds. The number of ether oxygens (including phenoxy) is 2. The minimum absolute atomic E-state index is 0.0470. The number of benzene rings is 3. The van der Waals surface area contributed by atoms with E-state index in [4.69, 9.17) is 9.47 Å². The summed E-state index contributed by atoms with van der Waals surface area (Å²) >= 11 is 0. The maximum atomic E-state index is 13.7. The molecule has 0 saturated heterocycles. The van der Waals surface area contributed by atoms with Gasteiger partial charge in [-0.25, -0.2) is 0 Å². The van der Waals surface area contributed by atoms with E-state index in [-0.39, 0.29) is 62.4 Å². The molecule has 0 fully saturated rings. The first kappa shape index (κ1) is 36.3. The molecule has 8 heteroatoms. The number of esters is 1. The third-order valence-electron chi connectivity index (χ3n) is 8.71. The first-order valence-electron chi connectivity index (χ1n) is 16.7. The molecule has 8 nitrogen and oxygen atoms in total. The van der Waals surface area contributed by atoms with Gasteiger partial charge in [-0.1, -0.05) is 97.1 Å². The van der Waals surface area contributed by atoms with E-state index in [0.29, 0.717) is 38.8 Å². The lowest BCUT2D eigenvalue weighted by atomic mass is 9.92. The summed E-state index contributed by atoms with van der Waals surface area (Å²) in [4.78, 5) is 42.3. The van der Waals surface area contributed by atoms with Gasteiger partial charge in [0.05, 0.1) is 43.7 Å². The van der Waals surface area contributed by atoms with E-state index in [2.05, 4.69) is 18.5 Å². The van der Waals surface area contributed by atoms with E-state index in [1.54, 1.807) is 17.1 Å². The van der Waals surface area contributed by atoms with Crippen molar-refractivity contribution in [2.75, 3.05) is 19.8 Å². The summed E-state index contributed by atoms with van der Waals surface area (Å²) < 4.78 is 11.8. The monoisotopic (exact) mass is 652 g/mol. The first-order valence-corrected chi connectivity index (χ1v) is 16.7. The Morgan fingerprint density at radius 2 is 1.54 bits per heavy atom. The third-order valence-corrected chi connectivity index (χ3v) is 8.71. The van der Waals surface area contributed by atoms with Crippen LogP contribution in [0.1, 0.15) is 47.9 Å². The van der Waals surface area contributed by atoms with Crippen molar-refractivity contribution in [3.8, 4) is 0 Å². The summed E-state index contributed by atoms with van der Waals surface area (Å²) in [6, 6.07) is 26.4. The minimum Gasteiger partial charge on any atom is -0.463 e. The molecule has 0 saturated carbocycles. The van der Waals surface area contributed by atoms with Crippen molar-refractivity contribution in [1.29, 1.82) is 0 Å². The third kappa shape index (κ3) is 11.0. The maximum Gasteiger partial charge on any atom is 0.309 e. The molecule has 4 rings (SSSR count). The number of carbonyl (C=O) groups excluding carboxylic acids is 3. The Hall–Kier alpha value is -4.53. The highest BCUT2D eigenvalue weighted by atomic mass is 16.5. The smallest absolute Gasteiger partial charge is 0.309 e. The summed E-state index contributed by atoms with van der Waals surface area (Å²) in [6.07, 6.45) is 6.01. The lowest BCUT2D eigenvalue weighted by molar-refractivity contribution is -0.150. The summed E-state index contributed by atoms with van der Waals surface area (Å²) in [6.45, 7) is 8.19. The van der Waals surface area contributed by atoms with Crippen LogP contribution in [-0.2, 0) is 49.9 Å². The molecular formula is C40H48N2O6. The SMILES string of the molecule is C=CCCC(Cc1ccccc1)C(=O)OCC(COCc1ccccc1)NC(=O)C(CC=C)CC(=O)N1Cc2ccccc2CC1CO. The molecule has 0 radical (unpaired) electrons. The van der Waals surface area contributed by atoms with Crippen molar-refractivity contribution >= 4 is 17.8 Å². The average molecular weight is 653 g/mol. The van der Waals surface area contributed by atoms with Crippen molar-refractivity contribution in [2.24, 2.45) is 11.8 Å². The van der Waals surface area contributed by atoms with Crippen LogP contribution in [0.3, 0.4) is 0 Å². The quantitative estimate of drug-likeness (QED) is 0.129. The number of amides is 2. The van der Waals surface area contributed by atoms with Crippen LogP contribution in [0, 0.1) is 11.8 Å². The fourth-order valence-electron chi connectivity index (χ4n) is 6.02. The second-order valence-corrected chi connectivity index (χ2v) is 12.3. The Balaban J connectivity index is 1.43. The Bertz CT molecular complexity index is 1480. The number of aliphatic hydroxyl groups excluding tert-OH is 1. The molecule has 0 spiro atoms. The summed E-state index contributed by atoms with van der Waals surface area (Å²) in [5, 5.41) is 13.1. The van der Waals surface area contributed by atoms with E-state index >= 15 is 0 Å². The predicted octanol–water partition coefficient (Wildman–Crippen LogP) is 5.58. The van der Waals surface area contributed by atoms with Gasteiger partial charge in [0.2, 0.25) is 11.8 Å². The molecular weight excluding hydrogens is 604 g/mol. The van der Waals surface area contributed by atoms with E-state index < -0.39 is 12.0 Å². The van der Waals surface area contributed by atoms with Gasteiger partial charge >= 0.3 is 5.97 Å². The van der Waals surface area contributed by atoms with Crippen LogP contribution in [-0.4, -0.2) is 59.7 Å². The first-order chi connectivity index (χ1) is 23.4. The number of fused-ring (bicyclic) bond motifs is 1. The van der Waals surface area contributed by atoms with Crippen LogP contribution in [0.2, 0.25) is 0 Å². The number of rotatable bonds is 19. The predicted molar refractivity (Wildman–Crippen MR) is 187 cm³/mol.